The minimum atomic E-state index is 0.693. The highest BCUT2D eigenvalue weighted by atomic mass is 35.5. The standard InChI is InChI=1S/C23H18ClNO2/c1-15-3-12-22-20(13-15)21(25-18-8-10-19(26-2)11-9-18)14-23(27-22)16-4-6-17(24)7-5-16/h3-14H,1-2H3. The van der Waals surface area contributed by atoms with E-state index in [0.29, 0.717) is 5.02 Å². The van der Waals surface area contributed by atoms with Gasteiger partial charge in [-0.15, -0.1) is 0 Å². The fourth-order valence-electron chi connectivity index (χ4n) is 2.93. The van der Waals surface area contributed by atoms with Crippen molar-refractivity contribution in [1.82, 2.24) is 0 Å². The van der Waals surface area contributed by atoms with Crippen molar-refractivity contribution in [3.05, 3.63) is 88.7 Å². The summed E-state index contributed by atoms with van der Waals surface area (Å²) >= 11 is 6.02. The third kappa shape index (κ3) is 3.74. The number of hydrogen-bond donors (Lipinski definition) is 0. The van der Waals surface area contributed by atoms with E-state index in [-0.39, 0.29) is 0 Å². The van der Waals surface area contributed by atoms with Gasteiger partial charge in [-0.3, -0.25) is 0 Å². The largest absolute Gasteiger partial charge is 0.497 e. The van der Waals surface area contributed by atoms with Gasteiger partial charge in [0.15, 0.2) is 0 Å². The van der Waals surface area contributed by atoms with Gasteiger partial charge in [-0.2, -0.15) is 0 Å². The van der Waals surface area contributed by atoms with Crippen molar-refractivity contribution in [1.29, 1.82) is 0 Å². The average Bonchev–Trinajstić information content (AvgIpc) is 2.69. The first kappa shape index (κ1) is 17.4. The maximum atomic E-state index is 6.13. The topological polar surface area (TPSA) is 34.7 Å². The summed E-state index contributed by atoms with van der Waals surface area (Å²) in [5.41, 5.74) is 3.75. The van der Waals surface area contributed by atoms with E-state index in [9.17, 15) is 0 Å². The number of aryl methyl sites for hydroxylation is 1. The average molecular weight is 376 g/mol. The Bertz CT molecular complexity index is 1160. The van der Waals surface area contributed by atoms with E-state index >= 15 is 0 Å². The summed E-state index contributed by atoms with van der Waals surface area (Å²) in [6.45, 7) is 2.06. The van der Waals surface area contributed by atoms with E-state index in [0.717, 1.165) is 44.7 Å². The quantitative estimate of drug-likeness (QED) is 0.421. The van der Waals surface area contributed by atoms with Gasteiger partial charge < -0.3 is 9.15 Å². The Morgan fingerprint density at radius 1 is 0.889 bits per heavy atom. The molecule has 0 saturated heterocycles. The van der Waals surface area contributed by atoms with Crippen molar-refractivity contribution in [2.24, 2.45) is 4.99 Å². The zero-order valence-corrected chi connectivity index (χ0v) is 15.8. The van der Waals surface area contributed by atoms with Gasteiger partial charge in [0.1, 0.15) is 17.1 Å². The van der Waals surface area contributed by atoms with Gasteiger partial charge in [0.2, 0.25) is 0 Å². The van der Waals surface area contributed by atoms with E-state index in [1.54, 1.807) is 7.11 Å². The molecular weight excluding hydrogens is 358 g/mol. The monoisotopic (exact) mass is 375 g/mol. The second-order valence-corrected chi connectivity index (χ2v) is 6.75. The lowest BCUT2D eigenvalue weighted by Crippen LogP contribution is -2.03. The summed E-state index contributed by atoms with van der Waals surface area (Å²) in [7, 11) is 1.65. The maximum Gasteiger partial charge on any atom is 0.136 e. The molecular formula is C23H18ClNO2. The van der Waals surface area contributed by atoms with Crippen molar-refractivity contribution in [2.75, 3.05) is 7.11 Å². The Labute approximate surface area is 162 Å². The van der Waals surface area contributed by atoms with Crippen LogP contribution in [0, 0.1) is 6.92 Å². The first-order valence-electron chi connectivity index (χ1n) is 8.61. The zero-order valence-electron chi connectivity index (χ0n) is 15.1. The molecule has 1 heterocycles. The van der Waals surface area contributed by atoms with Gasteiger partial charge in [0, 0.05) is 22.0 Å². The molecule has 3 nitrogen and oxygen atoms in total. The van der Waals surface area contributed by atoms with Crippen LogP contribution in [-0.4, -0.2) is 7.11 Å². The molecule has 0 saturated carbocycles. The van der Waals surface area contributed by atoms with E-state index in [1.807, 2.05) is 66.7 Å². The number of halogens is 1. The normalized spacial score (nSPS) is 11.7. The van der Waals surface area contributed by atoms with Crippen molar-refractivity contribution in [3.63, 3.8) is 0 Å². The maximum absolute atomic E-state index is 6.13. The predicted molar refractivity (Wildman–Crippen MR) is 110 cm³/mol. The van der Waals surface area contributed by atoms with Crippen molar-refractivity contribution >= 4 is 28.3 Å². The first-order chi connectivity index (χ1) is 13.1. The van der Waals surface area contributed by atoms with Gasteiger partial charge in [-0.05, 0) is 67.6 Å². The molecule has 4 heteroatoms. The van der Waals surface area contributed by atoms with Gasteiger partial charge in [-0.25, -0.2) is 4.99 Å². The zero-order chi connectivity index (χ0) is 18.8. The van der Waals surface area contributed by atoms with E-state index in [4.69, 9.17) is 25.7 Å². The summed E-state index contributed by atoms with van der Waals surface area (Å²) in [6.07, 6.45) is 0. The number of fused-ring (bicyclic) bond motifs is 1. The summed E-state index contributed by atoms with van der Waals surface area (Å²) in [6, 6.07) is 23.3. The molecule has 0 atom stereocenters. The van der Waals surface area contributed by atoms with Gasteiger partial charge >= 0.3 is 0 Å². The van der Waals surface area contributed by atoms with Crippen LogP contribution in [0.4, 0.5) is 5.69 Å². The predicted octanol–water partition coefficient (Wildman–Crippen LogP) is 6.30. The lowest BCUT2D eigenvalue weighted by molar-refractivity contribution is 0.415. The van der Waals surface area contributed by atoms with Crippen LogP contribution in [0.2, 0.25) is 5.02 Å². The van der Waals surface area contributed by atoms with Gasteiger partial charge in [-0.1, -0.05) is 23.2 Å². The van der Waals surface area contributed by atoms with Crippen molar-refractivity contribution in [3.8, 4) is 17.1 Å². The number of hydrogen-bond acceptors (Lipinski definition) is 3. The van der Waals surface area contributed by atoms with Crippen LogP contribution in [0.15, 0.2) is 82.2 Å². The Kier molecular flexibility index (Phi) is 4.69. The molecule has 0 unspecified atom stereocenters. The van der Waals surface area contributed by atoms with E-state index < -0.39 is 0 Å². The van der Waals surface area contributed by atoms with Crippen LogP contribution >= 0.6 is 11.6 Å². The van der Waals surface area contributed by atoms with Crippen LogP contribution in [0.1, 0.15) is 5.56 Å². The number of methoxy groups -OCH3 is 1. The molecule has 0 fully saturated rings. The molecule has 4 rings (SSSR count). The third-order valence-corrected chi connectivity index (χ3v) is 4.60. The fraction of sp³-hybridized carbons (Fsp3) is 0.0870. The van der Waals surface area contributed by atoms with Crippen LogP contribution in [-0.2, 0) is 0 Å². The van der Waals surface area contributed by atoms with Crippen LogP contribution in [0.25, 0.3) is 22.3 Å². The molecule has 1 aromatic heterocycles. The van der Waals surface area contributed by atoms with Gasteiger partial charge in [0.25, 0.3) is 0 Å². The summed E-state index contributed by atoms with van der Waals surface area (Å²) < 4.78 is 11.4. The molecule has 0 radical (unpaired) electrons. The molecule has 0 spiro atoms. The summed E-state index contributed by atoms with van der Waals surface area (Å²) in [5, 5.41) is 2.52. The first-order valence-corrected chi connectivity index (χ1v) is 8.99. The van der Waals surface area contributed by atoms with Crippen LogP contribution < -0.4 is 10.1 Å². The lowest BCUT2D eigenvalue weighted by atomic mass is 10.1. The highest BCUT2D eigenvalue weighted by Crippen LogP contribution is 2.25. The summed E-state index contributed by atoms with van der Waals surface area (Å²) in [5.74, 6) is 1.55. The molecule has 0 aliphatic heterocycles. The van der Waals surface area contributed by atoms with Crippen molar-refractivity contribution < 1.29 is 9.15 Å². The molecule has 3 aromatic carbocycles. The van der Waals surface area contributed by atoms with Crippen LogP contribution in [0.3, 0.4) is 0 Å². The molecule has 27 heavy (non-hydrogen) atoms. The van der Waals surface area contributed by atoms with E-state index in [2.05, 4.69) is 13.0 Å². The smallest absolute Gasteiger partial charge is 0.136 e. The molecule has 0 amide bonds. The lowest BCUT2D eigenvalue weighted by Gasteiger charge is -2.06. The Hall–Kier alpha value is -3.04. The van der Waals surface area contributed by atoms with Crippen molar-refractivity contribution in [2.45, 2.75) is 6.92 Å². The number of ether oxygens (including phenoxy) is 1. The van der Waals surface area contributed by atoms with Gasteiger partial charge in [0.05, 0.1) is 18.2 Å². The minimum Gasteiger partial charge on any atom is -0.497 e. The Balaban J connectivity index is 1.94. The molecule has 134 valence electrons. The Morgan fingerprint density at radius 3 is 2.33 bits per heavy atom. The molecule has 0 aliphatic rings. The molecule has 4 aromatic rings. The number of rotatable bonds is 3. The second-order valence-electron chi connectivity index (χ2n) is 6.31. The Morgan fingerprint density at radius 2 is 1.63 bits per heavy atom. The van der Waals surface area contributed by atoms with Crippen LogP contribution in [0.5, 0.6) is 5.75 Å². The molecule has 0 N–H and O–H groups in total. The van der Waals surface area contributed by atoms with E-state index in [1.165, 1.54) is 0 Å². The molecule has 0 aliphatic carbocycles. The fourth-order valence-corrected chi connectivity index (χ4v) is 3.05. The number of benzene rings is 3. The SMILES string of the molecule is COc1ccc(N=c2cc(-c3ccc(Cl)cc3)oc3ccc(C)cc23)cc1. The highest BCUT2D eigenvalue weighted by Gasteiger charge is 2.07. The molecule has 0 bridgehead atoms. The number of nitrogens with zero attached hydrogens (tertiary/aromatic N) is 1. The minimum absolute atomic E-state index is 0.693. The summed E-state index contributed by atoms with van der Waals surface area (Å²) in [4.78, 5) is 4.85. The highest BCUT2D eigenvalue weighted by molar-refractivity contribution is 6.30. The second kappa shape index (κ2) is 7.29. The third-order valence-electron chi connectivity index (χ3n) is 4.35.